The van der Waals surface area contributed by atoms with Gasteiger partial charge in [-0.1, -0.05) is 111 Å². The lowest BCUT2D eigenvalue weighted by Gasteiger charge is -2.14. The van der Waals surface area contributed by atoms with Crippen LogP contribution in [0.3, 0.4) is 0 Å². The average Bonchev–Trinajstić information content (AvgIpc) is 2.84. The Bertz CT molecular complexity index is 1310. The lowest BCUT2D eigenvalue weighted by atomic mass is 9.90. The molecule has 5 aromatic carbocycles. The molecule has 0 unspecified atom stereocenters. The van der Waals surface area contributed by atoms with Crippen LogP contribution in [-0.2, 0) is 0 Å². The van der Waals surface area contributed by atoms with E-state index in [9.17, 15) is 0 Å². The molecule has 0 aliphatic carbocycles. The lowest BCUT2D eigenvalue weighted by Crippen LogP contribution is -1.89. The smallest absolute Gasteiger partial charge is 0.00988 e. The van der Waals surface area contributed by atoms with Gasteiger partial charge in [-0.15, -0.1) is 0 Å². The zero-order valence-corrected chi connectivity index (χ0v) is 18.0. The Morgan fingerprint density at radius 1 is 0.452 bits per heavy atom. The van der Waals surface area contributed by atoms with E-state index in [1.54, 1.807) is 0 Å². The minimum Gasteiger partial charge on any atom is -0.0622 e. The van der Waals surface area contributed by atoms with Crippen molar-refractivity contribution in [1.29, 1.82) is 0 Å². The third-order valence-electron chi connectivity index (χ3n) is 6.06. The molecule has 0 heterocycles. The molecular weight excluding hydrogens is 372 g/mol. The molecule has 0 heteroatoms. The molecule has 150 valence electrons. The molecule has 0 aliphatic rings. The second-order valence-corrected chi connectivity index (χ2v) is 8.47. The number of fused-ring (bicyclic) bond motifs is 1. The molecule has 0 radical (unpaired) electrons. The van der Waals surface area contributed by atoms with Gasteiger partial charge >= 0.3 is 0 Å². The third kappa shape index (κ3) is 3.90. The number of hydrogen-bond acceptors (Lipinski definition) is 0. The summed E-state index contributed by atoms with van der Waals surface area (Å²) >= 11 is 0. The molecule has 5 aromatic rings. The highest BCUT2D eigenvalue weighted by atomic mass is 14.1. The summed E-state index contributed by atoms with van der Waals surface area (Å²) in [6.45, 7) is 4.48. The van der Waals surface area contributed by atoms with Crippen LogP contribution in [0.15, 0.2) is 115 Å². The van der Waals surface area contributed by atoms with E-state index in [2.05, 4.69) is 129 Å². The van der Waals surface area contributed by atoms with E-state index in [1.807, 2.05) is 0 Å². The first-order valence-electron chi connectivity index (χ1n) is 11.0. The maximum Gasteiger partial charge on any atom is -0.00988 e. The zero-order valence-electron chi connectivity index (χ0n) is 18.0. The third-order valence-corrected chi connectivity index (χ3v) is 6.06. The monoisotopic (exact) mass is 398 g/mol. The quantitative estimate of drug-likeness (QED) is 0.283. The molecule has 0 saturated heterocycles. The van der Waals surface area contributed by atoms with Gasteiger partial charge in [0, 0.05) is 0 Å². The minimum atomic E-state index is 0.543. The SMILES string of the molecule is CC(C)c1ccc(-c2cc(-c3ccccc3)c3cc(-c4ccccc4)ccc3c2)cc1. The zero-order chi connectivity index (χ0) is 21.2. The molecule has 0 aromatic heterocycles. The largest absolute Gasteiger partial charge is 0.0622 e. The Labute approximate surface area is 184 Å². The van der Waals surface area contributed by atoms with E-state index in [-0.39, 0.29) is 0 Å². The summed E-state index contributed by atoms with van der Waals surface area (Å²) in [5.41, 5.74) is 8.92. The Balaban J connectivity index is 1.71. The molecule has 0 atom stereocenters. The van der Waals surface area contributed by atoms with Gasteiger partial charge in [0.05, 0.1) is 0 Å². The summed E-state index contributed by atoms with van der Waals surface area (Å²) in [4.78, 5) is 0. The van der Waals surface area contributed by atoms with Crippen LogP contribution >= 0.6 is 0 Å². The summed E-state index contributed by atoms with van der Waals surface area (Å²) in [5.74, 6) is 0.543. The van der Waals surface area contributed by atoms with Crippen LogP contribution in [0.4, 0.5) is 0 Å². The first-order valence-corrected chi connectivity index (χ1v) is 11.0. The summed E-state index contributed by atoms with van der Waals surface area (Å²) in [6, 6.07) is 41.8. The first kappa shape index (κ1) is 19.3. The van der Waals surface area contributed by atoms with Gasteiger partial charge in [0.25, 0.3) is 0 Å². The Hall–Kier alpha value is -3.64. The van der Waals surface area contributed by atoms with Crippen LogP contribution in [0.2, 0.25) is 0 Å². The van der Waals surface area contributed by atoms with E-state index >= 15 is 0 Å². The molecule has 0 bridgehead atoms. The van der Waals surface area contributed by atoms with Gasteiger partial charge in [0.1, 0.15) is 0 Å². The van der Waals surface area contributed by atoms with E-state index in [0.717, 1.165) is 0 Å². The van der Waals surface area contributed by atoms with E-state index in [4.69, 9.17) is 0 Å². The predicted octanol–water partition coefficient (Wildman–Crippen LogP) is 8.96. The molecule has 0 amide bonds. The van der Waals surface area contributed by atoms with Crippen molar-refractivity contribution in [2.75, 3.05) is 0 Å². The van der Waals surface area contributed by atoms with Gasteiger partial charge in [0.2, 0.25) is 0 Å². The van der Waals surface area contributed by atoms with Gasteiger partial charge in [0.15, 0.2) is 0 Å². The highest BCUT2D eigenvalue weighted by molar-refractivity contribution is 6.02. The lowest BCUT2D eigenvalue weighted by molar-refractivity contribution is 0.867. The topological polar surface area (TPSA) is 0 Å². The van der Waals surface area contributed by atoms with Crippen LogP contribution in [0.1, 0.15) is 25.3 Å². The highest BCUT2D eigenvalue weighted by Gasteiger charge is 2.10. The molecule has 31 heavy (non-hydrogen) atoms. The van der Waals surface area contributed by atoms with E-state index in [0.29, 0.717) is 5.92 Å². The van der Waals surface area contributed by atoms with Crippen LogP contribution in [-0.4, -0.2) is 0 Å². The molecule has 0 N–H and O–H groups in total. The Kier molecular flexibility index (Phi) is 5.14. The Morgan fingerprint density at radius 3 is 1.68 bits per heavy atom. The summed E-state index contributed by atoms with van der Waals surface area (Å²) in [5, 5.41) is 2.55. The van der Waals surface area contributed by atoms with Crippen molar-refractivity contribution in [3.05, 3.63) is 121 Å². The van der Waals surface area contributed by atoms with E-state index in [1.165, 1.54) is 49.7 Å². The number of hydrogen-bond donors (Lipinski definition) is 0. The van der Waals surface area contributed by atoms with Crippen molar-refractivity contribution in [3.63, 3.8) is 0 Å². The van der Waals surface area contributed by atoms with Crippen molar-refractivity contribution in [2.24, 2.45) is 0 Å². The molecule has 0 nitrogen and oxygen atoms in total. The maximum absolute atomic E-state index is 2.34. The fourth-order valence-corrected chi connectivity index (χ4v) is 4.25. The van der Waals surface area contributed by atoms with Gasteiger partial charge in [-0.2, -0.15) is 0 Å². The normalized spacial score (nSPS) is 11.2. The molecule has 0 saturated carbocycles. The fraction of sp³-hybridized carbons (Fsp3) is 0.0968. The molecule has 0 fully saturated rings. The van der Waals surface area contributed by atoms with Crippen LogP contribution in [0.5, 0.6) is 0 Å². The summed E-state index contributed by atoms with van der Waals surface area (Å²) in [6.07, 6.45) is 0. The molecular formula is C31H26. The highest BCUT2D eigenvalue weighted by Crippen LogP contribution is 2.36. The molecule has 0 spiro atoms. The fourth-order valence-electron chi connectivity index (χ4n) is 4.25. The van der Waals surface area contributed by atoms with Crippen molar-refractivity contribution in [2.45, 2.75) is 19.8 Å². The minimum absolute atomic E-state index is 0.543. The number of rotatable bonds is 4. The van der Waals surface area contributed by atoms with Gasteiger partial charge in [-0.3, -0.25) is 0 Å². The second kappa shape index (κ2) is 8.24. The molecule has 5 rings (SSSR count). The summed E-state index contributed by atoms with van der Waals surface area (Å²) in [7, 11) is 0. The van der Waals surface area contributed by atoms with Crippen molar-refractivity contribution in [1.82, 2.24) is 0 Å². The van der Waals surface area contributed by atoms with Crippen molar-refractivity contribution < 1.29 is 0 Å². The van der Waals surface area contributed by atoms with Gasteiger partial charge in [-0.05, 0) is 73.8 Å². The second-order valence-electron chi connectivity index (χ2n) is 8.47. The number of benzene rings is 5. The summed E-state index contributed by atoms with van der Waals surface area (Å²) < 4.78 is 0. The van der Waals surface area contributed by atoms with Gasteiger partial charge in [-0.25, -0.2) is 0 Å². The van der Waals surface area contributed by atoms with Crippen molar-refractivity contribution >= 4 is 10.8 Å². The Morgan fingerprint density at radius 2 is 1.03 bits per heavy atom. The maximum atomic E-state index is 2.34. The van der Waals surface area contributed by atoms with E-state index < -0.39 is 0 Å². The first-order chi connectivity index (χ1) is 15.2. The van der Waals surface area contributed by atoms with Crippen molar-refractivity contribution in [3.8, 4) is 33.4 Å². The molecule has 0 aliphatic heterocycles. The predicted molar refractivity (Wildman–Crippen MR) is 134 cm³/mol. The van der Waals surface area contributed by atoms with Crippen LogP contribution in [0, 0.1) is 0 Å². The average molecular weight is 399 g/mol. The van der Waals surface area contributed by atoms with Crippen LogP contribution < -0.4 is 0 Å². The van der Waals surface area contributed by atoms with Crippen LogP contribution in [0.25, 0.3) is 44.2 Å². The standard InChI is InChI=1S/C31H26/c1-22(2)23-13-15-25(16-14-23)29-19-28-18-17-27(24-9-5-3-6-10-24)20-31(28)30(21-29)26-11-7-4-8-12-26/h3-22H,1-2H3. The van der Waals surface area contributed by atoms with Gasteiger partial charge < -0.3 is 0 Å².